The minimum Gasteiger partial charge on any atom is -0.342 e. The lowest BCUT2D eigenvalue weighted by Gasteiger charge is -2.40. The second-order valence-corrected chi connectivity index (χ2v) is 6.02. The van der Waals surface area contributed by atoms with Crippen LogP contribution in [0.3, 0.4) is 0 Å². The maximum Gasteiger partial charge on any atom is 0.246 e. The molecule has 1 aliphatic rings. The third-order valence-electron chi connectivity index (χ3n) is 4.01. The van der Waals surface area contributed by atoms with E-state index < -0.39 is 12.1 Å². The summed E-state index contributed by atoms with van der Waals surface area (Å²) in [5, 5.41) is 7.15. The average Bonchev–Trinajstić information content (AvgIpc) is 2.71. The second kappa shape index (κ2) is 5.87. The largest absolute Gasteiger partial charge is 0.342 e. The molecule has 1 fully saturated rings. The van der Waals surface area contributed by atoms with Crippen LogP contribution in [0.25, 0.3) is 0 Å². The highest BCUT2D eigenvalue weighted by Crippen LogP contribution is 2.20. The Hall–Kier alpha value is -1.85. The maximum absolute atomic E-state index is 12.7. The Bertz CT molecular complexity index is 550. The number of aromatic nitrogens is 2. The fraction of sp³-hybridized carbons (Fsp3) is 0.667. The van der Waals surface area contributed by atoms with Gasteiger partial charge in [-0.3, -0.25) is 14.3 Å². The summed E-state index contributed by atoms with van der Waals surface area (Å²) in [6, 6.07) is 1.12. The lowest BCUT2D eigenvalue weighted by Crippen LogP contribution is -2.64. The van der Waals surface area contributed by atoms with E-state index in [-0.39, 0.29) is 17.7 Å². The smallest absolute Gasteiger partial charge is 0.246 e. The molecule has 1 N–H and O–H groups in total. The summed E-state index contributed by atoms with van der Waals surface area (Å²) in [6.45, 7) is 8.16. The van der Waals surface area contributed by atoms with Crippen LogP contribution in [0.2, 0.25) is 0 Å². The van der Waals surface area contributed by atoms with E-state index in [0.717, 1.165) is 11.4 Å². The van der Waals surface area contributed by atoms with E-state index in [1.165, 1.54) is 0 Å². The maximum atomic E-state index is 12.7. The van der Waals surface area contributed by atoms with E-state index >= 15 is 0 Å². The molecule has 1 aromatic rings. The fourth-order valence-corrected chi connectivity index (χ4v) is 2.82. The number of hydrogen-bond donors (Lipinski definition) is 1. The normalized spacial score (nSPS) is 22.9. The number of nitrogens with one attached hydrogen (secondary N) is 1. The Morgan fingerprint density at radius 3 is 2.52 bits per heavy atom. The van der Waals surface area contributed by atoms with Crippen LogP contribution in [0, 0.1) is 12.8 Å². The highest BCUT2D eigenvalue weighted by molar-refractivity contribution is 5.97. The van der Waals surface area contributed by atoms with Gasteiger partial charge in [0.15, 0.2) is 0 Å². The van der Waals surface area contributed by atoms with Gasteiger partial charge in [-0.15, -0.1) is 0 Å². The molecule has 1 saturated heterocycles. The van der Waals surface area contributed by atoms with Gasteiger partial charge >= 0.3 is 0 Å². The third-order valence-corrected chi connectivity index (χ3v) is 4.01. The van der Waals surface area contributed by atoms with Crippen LogP contribution in [0.1, 0.15) is 38.6 Å². The number of carbonyl (C=O) groups is 2. The lowest BCUT2D eigenvalue weighted by atomic mass is 9.97. The van der Waals surface area contributed by atoms with E-state index in [1.807, 2.05) is 40.8 Å². The zero-order valence-corrected chi connectivity index (χ0v) is 13.4. The van der Waals surface area contributed by atoms with Gasteiger partial charge in [-0.2, -0.15) is 5.10 Å². The van der Waals surface area contributed by atoms with Gasteiger partial charge in [0.2, 0.25) is 11.8 Å². The van der Waals surface area contributed by atoms with E-state index in [2.05, 4.69) is 10.4 Å². The first kappa shape index (κ1) is 15.5. The Kier molecular flexibility index (Phi) is 4.34. The summed E-state index contributed by atoms with van der Waals surface area (Å²) in [5.41, 5.74) is 1.85. The van der Waals surface area contributed by atoms with Crippen molar-refractivity contribution in [1.29, 1.82) is 0 Å². The van der Waals surface area contributed by atoms with E-state index in [9.17, 15) is 9.59 Å². The molecule has 6 nitrogen and oxygen atoms in total. The lowest BCUT2D eigenvalue weighted by molar-refractivity contribution is -0.151. The van der Waals surface area contributed by atoms with E-state index in [1.54, 1.807) is 9.58 Å². The summed E-state index contributed by atoms with van der Waals surface area (Å²) in [4.78, 5) is 26.6. The number of piperazine rings is 1. The van der Waals surface area contributed by atoms with Crippen LogP contribution in [0.5, 0.6) is 0 Å². The first-order valence-electron chi connectivity index (χ1n) is 7.45. The molecule has 1 aromatic heterocycles. The predicted octanol–water partition coefficient (Wildman–Crippen LogP) is 0.990. The quantitative estimate of drug-likeness (QED) is 0.900. The van der Waals surface area contributed by atoms with Gasteiger partial charge in [-0.05, 0) is 25.3 Å². The Balaban J connectivity index is 2.29. The first-order chi connectivity index (χ1) is 9.85. The van der Waals surface area contributed by atoms with Crippen LogP contribution in [0.15, 0.2) is 6.07 Å². The molecule has 2 amide bonds. The first-order valence-corrected chi connectivity index (χ1v) is 7.45. The summed E-state index contributed by atoms with van der Waals surface area (Å²) in [7, 11) is 1.86. The molecule has 2 rings (SSSR count). The minimum absolute atomic E-state index is 0.00435. The van der Waals surface area contributed by atoms with E-state index in [0.29, 0.717) is 13.0 Å². The van der Waals surface area contributed by atoms with Crippen molar-refractivity contribution in [2.24, 2.45) is 13.0 Å². The van der Waals surface area contributed by atoms with Crippen molar-refractivity contribution >= 4 is 11.8 Å². The Morgan fingerprint density at radius 1 is 1.38 bits per heavy atom. The molecule has 116 valence electrons. The van der Waals surface area contributed by atoms with Crippen LogP contribution >= 0.6 is 0 Å². The molecule has 6 heteroatoms. The summed E-state index contributed by atoms with van der Waals surface area (Å²) in [5.74, 6) is 0.0139. The molecule has 2 heterocycles. The van der Waals surface area contributed by atoms with Gasteiger partial charge < -0.3 is 10.2 Å². The van der Waals surface area contributed by atoms with Crippen molar-refractivity contribution in [1.82, 2.24) is 20.0 Å². The molecule has 0 radical (unpaired) electrons. The van der Waals surface area contributed by atoms with Gasteiger partial charge in [0, 0.05) is 7.05 Å². The van der Waals surface area contributed by atoms with Crippen LogP contribution < -0.4 is 5.32 Å². The molecule has 0 saturated carbocycles. The molecule has 0 bridgehead atoms. The highest BCUT2D eigenvalue weighted by atomic mass is 16.2. The van der Waals surface area contributed by atoms with Crippen LogP contribution in [-0.2, 0) is 23.2 Å². The van der Waals surface area contributed by atoms with Gasteiger partial charge in [0.05, 0.1) is 17.9 Å². The molecule has 0 aromatic carbocycles. The van der Waals surface area contributed by atoms with Crippen molar-refractivity contribution in [3.05, 3.63) is 17.5 Å². The van der Waals surface area contributed by atoms with Crippen molar-refractivity contribution in [3.63, 3.8) is 0 Å². The van der Waals surface area contributed by atoms with Crippen molar-refractivity contribution in [3.8, 4) is 0 Å². The Morgan fingerprint density at radius 2 is 2.05 bits per heavy atom. The molecule has 0 spiro atoms. The summed E-state index contributed by atoms with van der Waals surface area (Å²) >= 11 is 0. The minimum atomic E-state index is -0.436. The molecule has 1 aliphatic heterocycles. The molecule has 2 atom stereocenters. The zero-order chi connectivity index (χ0) is 15.7. The van der Waals surface area contributed by atoms with Gasteiger partial charge in [-0.25, -0.2) is 0 Å². The number of carbonyl (C=O) groups excluding carboxylic acids is 2. The van der Waals surface area contributed by atoms with E-state index in [4.69, 9.17) is 0 Å². The second-order valence-electron chi connectivity index (χ2n) is 6.02. The van der Waals surface area contributed by atoms with Crippen molar-refractivity contribution in [2.45, 2.75) is 52.7 Å². The molecular formula is C15H24N4O2. The molecule has 2 unspecified atom stereocenters. The molecular weight excluding hydrogens is 268 g/mol. The number of amides is 2. The SMILES string of the molecule is CCC1C(=O)NC(C(C)C)C(=O)N1Cc1cc(C)nn1C. The summed E-state index contributed by atoms with van der Waals surface area (Å²) in [6.07, 6.45) is 0.610. The average molecular weight is 292 g/mol. The Labute approximate surface area is 125 Å². The molecule has 0 aliphatic carbocycles. The molecule has 21 heavy (non-hydrogen) atoms. The van der Waals surface area contributed by atoms with Gasteiger partial charge in [0.1, 0.15) is 12.1 Å². The van der Waals surface area contributed by atoms with Gasteiger partial charge in [0.25, 0.3) is 0 Å². The topological polar surface area (TPSA) is 67.2 Å². The zero-order valence-electron chi connectivity index (χ0n) is 13.4. The predicted molar refractivity (Wildman–Crippen MR) is 79.3 cm³/mol. The summed E-state index contributed by atoms with van der Waals surface area (Å²) < 4.78 is 1.77. The number of aryl methyl sites for hydroxylation is 2. The van der Waals surface area contributed by atoms with Crippen molar-refractivity contribution in [2.75, 3.05) is 0 Å². The number of nitrogens with zero attached hydrogens (tertiary/aromatic N) is 3. The third kappa shape index (κ3) is 2.94. The standard InChI is InChI=1S/C15H24N4O2/c1-6-12-14(20)16-13(9(2)3)15(21)19(12)8-11-7-10(4)17-18(11)5/h7,9,12-13H,6,8H2,1-5H3,(H,16,20). The van der Waals surface area contributed by atoms with Crippen molar-refractivity contribution < 1.29 is 9.59 Å². The monoisotopic (exact) mass is 292 g/mol. The fourth-order valence-electron chi connectivity index (χ4n) is 2.82. The van der Waals surface area contributed by atoms with Crippen LogP contribution in [0.4, 0.5) is 0 Å². The number of rotatable bonds is 4. The highest BCUT2D eigenvalue weighted by Gasteiger charge is 2.40. The van der Waals surface area contributed by atoms with Crippen LogP contribution in [-0.4, -0.2) is 38.6 Å². The number of hydrogen-bond acceptors (Lipinski definition) is 3. The van der Waals surface area contributed by atoms with Gasteiger partial charge in [-0.1, -0.05) is 20.8 Å².